The molecule has 0 radical (unpaired) electrons. The minimum atomic E-state index is -0.476. The maximum atomic E-state index is 6.77. The second-order valence-corrected chi connectivity index (χ2v) is 16.4. The highest BCUT2D eigenvalue weighted by atomic mass is 16.3. The summed E-state index contributed by atoms with van der Waals surface area (Å²) in [5.74, 6) is 0. The summed E-state index contributed by atoms with van der Waals surface area (Å²) in [6.07, 6.45) is 0. The number of para-hydroxylation sites is 2. The number of anilines is 3. The Morgan fingerprint density at radius 2 is 0.825 bits per heavy atom. The van der Waals surface area contributed by atoms with Crippen LogP contribution in [0.3, 0.4) is 0 Å². The molecule has 12 rings (SSSR count). The number of benzene rings is 10. The zero-order chi connectivity index (χ0) is 41.7. The average Bonchev–Trinajstić information content (AvgIpc) is 3.88. The number of hydrogen-bond donors (Lipinski definition) is 0. The highest BCUT2D eigenvalue weighted by molar-refractivity contribution is 6.07. The van der Waals surface area contributed by atoms with Crippen LogP contribution in [-0.2, 0) is 5.41 Å². The maximum Gasteiger partial charge on any atom is 0.136 e. The van der Waals surface area contributed by atoms with Crippen molar-refractivity contribution < 1.29 is 4.42 Å². The predicted octanol–water partition coefficient (Wildman–Crippen LogP) is 16.4. The standard InChI is InChI=1S/C61H41NO/c1-4-18-42(19-5-1)43-32-36-48(37-33-43)62(47-22-8-3-9-23-47)58-31-17-14-28-53(58)50-25-11-10-24-49(50)44-34-38-54-55-41-46(35-39-59(55)63-60(54)40-44)61(45-20-6-2-7-21-45)56-29-15-12-26-51(56)52-27-13-16-30-57(52)61/h1-41H. The summed E-state index contributed by atoms with van der Waals surface area (Å²) in [5, 5.41) is 2.21. The van der Waals surface area contributed by atoms with Crippen molar-refractivity contribution in [1.82, 2.24) is 0 Å². The lowest BCUT2D eigenvalue weighted by atomic mass is 9.67. The molecule has 0 bridgehead atoms. The minimum Gasteiger partial charge on any atom is -0.456 e. The van der Waals surface area contributed by atoms with Gasteiger partial charge in [0.1, 0.15) is 11.2 Å². The summed E-state index contributed by atoms with van der Waals surface area (Å²) >= 11 is 0. The molecule has 11 aromatic rings. The molecule has 0 saturated carbocycles. The van der Waals surface area contributed by atoms with Gasteiger partial charge < -0.3 is 9.32 Å². The fraction of sp³-hybridized carbons (Fsp3) is 0.0164. The van der Waals surface area contributed by atoms with Crippen LogP contribution >= 0.6 is 0 Å². The molecule has 0 spiro atoms. The molecule has 1 aliphatic rings. The van der Waals surface area contributed by atoms with Gasteiger partial charge in [0.05, 0.1) is 11.1 Å². The molecule has 296 valence electrons. The van der Waals surface area contributed by atoms with Crippen LogP contribution in [0.2, 0.25) is 0 Å². The second kappa shape index (κ2) is 15.1. The van der Waals surface area contributed by atoms with Crippen LogP contribution in [0, 0.1) is 0 Å². The second-order valence-electron chi connectivity index (χ2n) is 16.4. The van der Waals surface area contributed by atoms with Gasteiger partial charge in [0.15, 0.2) is 0 Å². The van der Waals surface area contributed by atoms with Crippen LogP contribution < -0.4 is 4.90 Å². The number of fused-ring (bicyclic) bond motifs is 6. The van der Waals surface area contributed by atoms with Gasteiger partial charge in [0.2, 0.25) is 0 Å². The molecule has 0 atom stereocenters. The Kier molecular flexibility index (Phi) is 8.76. The van der Waals surface area contributed by atoms with Gasteiger partial charge in [-0.05, 0) is 116 Å². The van der Waals surface area contributed by atoms with E-state index in [1.54, 1.807) is 0 Å². The van der Waals surface area contributed by atoms with E-state index in [4.69, 9.17) is 4.42 Å². The SMILES string of the molecule is c1ccc(-c2ccc(N(c3ccccc3)c3ccccc3-c3ccccc3-c3ccc4c(c3)oc3ccc(C5(c6ccccc6)c6ccccc6-c6ccccc65)cc34)cc2)cc1. The van der Waals surface area contributed by atoms with Gasteiger partial charge in [-0.3, -0.25) is 0 Å². The Labute approximate surface area is 367 Å². The third-order valence-corrected chi connectivity index (χ3v) is 13.0. The Morgan fingerprint density at radius 3 is 1.52 bits per heavy atom. The van der Waals surface area contributed by atoms with Gasteiger partial charge in [-0.25, -0.2) is 0 Å². The molecule has 0 unspecified atom stereocenters. The van der Waals surface area contributed by atoms with Gasteiger partial charge in [-0.15, -0.1) is 0 Å². The number of nitrogens with zero attached hydrogens (tertiary/aromatic N) is 1. The first-order chi connectivity index (χ1) is 31.3. The van der Waals surface area contributed by atoms with Crippen LogP contribution in [0.25, 0.3) is 66.4 Å². The van der Waals surface area contributed by atoms with Crippen LogP contribution in [-0.4, -0.2) is 0 Å². The largest absolute Gasteiger partial charge is 0.456 e. The minimum absolute atomic E-state index is 0.476. The zero-order valence-corrected chi connectivity index (χ0v) is 34.5. The first kappa shape index (κ1) is 36.6. The molecule has 1 heterocycles. The number of furan rings is 1. The molecule has 63 heavy (non-hydrogen) atoms. The summed E-state index contributed by atoms with van der Waals surface area (Å²) < 4.78 is 6.77. The van der Waals surface area contributed by atoms with Crippen molar-refractivity contribution in [3.05, 3.63) is 271 Å². The van der Waals surface area contributed by atoms with E-state index in [9.17, 15) is 0 Å². The van der Waals surface area contributed by atoms with E-state index in [0.29, 0.717) is 0 Å². The molecular weight excluding hydrogens is 763 g/mol. The molecule has 0 fully saturated rings. The normalized spacial score (nSPS) is 12.6. The smallest absolute Gasteiger partial charge is 0.136 e. The molecule has 1 aliphatic carbocycles. The first-order valence-corrected chi connectivity index (χ1v) is 21.7. The summed E-state index contributed by atoms with van der Waals surface area (Å²) in [4.78, 5) is 2.37. The van der Waals surface area contributed by atoms with Crippen LogP contribution in [0.1, 0.15) is 22.3 Å². The van der Waals surface area contributed by atoms with Crippen molar-refractivity contribution in [2.75, 3.05) is 4.90 Å². The number of rotatable bonds is 8. The molecule has 0 amide bonds. The van der Waals surface area contributed by atoms with Crippen molar-refractivity contribution in [2.24, 2.45) is 0 Å². The summed E-state index contributed by atoms with van der Waals surface area (Å²) in [5.41, 5.74) is 19.1. The molecule has 10 aromatic carbocycles. The van der Waals surface area contributed by atoms with Crippen molar-refractivity contribution >= 4 is 39.0 Å². The molecule has 0 aliphatic heterocycles. The van der Waals surface area contributed by atoms with E-state index >= 15 is 0 Å². The third kappa shape index (κ3) is 5.95. The van der Waals surface area contributed by atoms with E-state index in [-0.39, 0.29) is 0 Å². The lowest BCUT2D eigenvalue weighted by Gasteiger charge is -2.33. The van der Waals surface area contributed by atoms with Crippen molar-refractivity contribution in [1.29, 1.82) is 0 Å². The zero-order valence-electron chi connectivity index (χ0n) is 34.5. The number of hydrogen-bond acceptors (Lipinski definition) is 2. The lowest BCUT2D eigenvalue weighted by Crippen LogP contribution is -2.28. The monoisotopic (exact) mass is 803 g/mol. The highest BCUT2D eigenvalue weighted by Gasteiger charge is 2.46. The quantitative estimate of drug-likeness (QED) is 0.152. The van der Waals surface area contributed by atoms with Crippen LogP contribution in [0.4, 0.5) is 17.1 Å². The summed E-state index contributed by atoms with van der Waals surface area (Å²) in [6.45, 7) is 0. The van der Waals surface area contributed by atoms with E-state index in [2.05, 4.69) is 254 Å². The molecule has 2 nitrogen and oxygen atoms in total. The molecule has 1 aromatic heterocycles. The van der Waals surface area contributed by atoms with Gasteiger partial charge in [-0.1, -0.05) is 194 Å². The fourth-order valence-corrected chi connectivity index (χ4v) is 10.2. The van der Waals surface area contributed by atoms with Crippen molar-refractivity contribution in [3.8, 4) is 44.5 Å². The molecular formula is C61H41NO. The summed E-state index contributed by atoms with van der Waals surface area (Å²) in [7, 11) is 0. The van der Waals surface area contributed by atoms with Gasteiger partial charge in [0.25, 0.3) is 0 Å². The predicted molar refractivity (Wildman–Crippen MR) is 262 cm³/mol. The molecule has 2 heteroatoms. The Balaban J connectivity index is 0.979. The lowest BCUT2D eigenvalue weighted by molar-refractivity contribution is 0.668. The van der Waals surface area contributed by atoms with Gasteiger partial charge in [-0.2, -0.15) is 0 Å². The average molecular weight is 804 g/mol. The highest BCUT2D eigenvalue weighted by Crippen LogP contribution is 2.56. The van der Waals surface area contributed by atoms with E-state index in [1.807, 2.05) is 0 Å². The van der Waals surface area contributed by atoms with Gasteiger partial charge >= 0.3 is 0 Å². The van der Waals surface area contributed by atoms with Crippen molar-refractivity contribution in [2.45, 2.75) is 5.41 Å². The van der Waals surface area contributed by atoms with Crippen LogP contribution in [0.5, 0.6) is 0 Å². The van der Waals surface area contributed by atoms with E-state index in [0.717, 1.165) is 61.3 Å². The Hall–Kier alpha value is -8.20. The Bertz CT molecular complexity index is 3400. The first-order valence-electron chi connectivity index (χ1n) is 21.7. The van der Waals surface area contributed by atoms with E-state index < -0.39 is 5.41 Å². The fourth-order valence-electron chi connectivity index (χ4n) is 10.2. The van der Waals surface area contributed by atoms with Gasteiger partial charge in [0, 0.05) is 27.7 Å². The molecule has 0 N–H and O–H groups in total. The molecule has 0 saturated heterocycles. The topological polar surface area (TPSA) is 16.4 Å². The van der Waals surface area contributed by atoms with Crippen LogP contribution in [0.15, 0.2) is 253 Å². The van der Waals surface area contributed by atoms with E-state index in [1.165, 1.54) is 44.5 Å². The van der Waals surface area contributed by atoms with Crippen molar-refractivity contribution in [3.63, 3.8) is 0 Å². The Morgan fingerprint density at radius 1 is 0.302 bits per heavy atom. The maximum absolute atomic E-state index is 6.77. The third-order valence-electron chi connectivity index (χ3n) is 13.0. The summed E-state index contributed by atoms with van der Waals surface area (Å²) in [6, 6.07) is 89.9.